The van der Waals surface area contributed by atoms with E-state index in [2.05, 4.69) is 10.1 Å². The van der Waals surface area contributed by atoms with Gasteiger partial charge in [0.15, 0.2) is 0 Å². The summed E-state index contributed by atoms with van der Waals surface area (Å²) in [4.78, 5) is 4.29. The molecule has 5 nitrogen and oxygen atoms in total. The number of hydrogen-bond donors (Lipinski definition) is 2. The zero-order valence-electron chi connectivity index (χ0n) is 9.53. The van der Waals surface area contributed by atoms with Crippen molar-refractivity contribution in [2.45, 2.75) is 13.8 Å². The molecule has 2 rings (SSSR count). The summed E-state index contributed by atoms with van der Waals surface area (Å²) in [5.74, 6) is -0.0309. The predicted molar refractivity (Wildman–Crippen MR) is 66.9 cm³/mol. The topological polar surface area (TPSA) is 80.6 Å². The number of pyridine rings is 1. The van der Waals surface area contributed by atoms with Crippen LogP contribution in [0, 0.1) is 19.3 Å². The first kappa shape index (κ1) is 11.6. The lowest BCUT2D eigenvalue weighted by Gasteiger charge is -2.11. The van der Waals surface area contributed by atoms with Gasteiger partial charge in [-0.3, -0.25) is 10.4 Å². The summed E-state index contributed by atoms with van der Waals surface area (Å²) < 4.78 is 1.60. The Kier molecular flexibility index (Phi) is 2.85. The molecule has 88 valence electrons. The van der Waals surface area contributed by atoms with Gasteiger partial charge >= 0.3 is 0 Å². The van der Waals surface area contributed by atoms with Crippen molar-refractivity contribution in [3.8, 4) is 5.69 Å². The van der Waals surface area contributed by atoms with Gasteiger partial charge in [-0.2, -0.15) is 5.10 Å². The van der Waals surface area contributed by atoms with E-state index in [1.165, 1.54) is 6.20 Å². The van der Waals surface area contributed by atoms with Gasteiger partial charge in [-0.05, 0) is 19.9 Å². The minimum atomic E-state index is -0.0309. The maximum atomic E-state index is 7.61. The standard InChI is InChI=1S/C11H12ClN5/c1-6-3-9(17-5-8(12)4-15-17)10(11(13)14)7(2)16-6/h3-5H,1-2H3,(H3,13,14). The fourth-order valence-corrected chi connectivity index (χ4v) is 1.89. The van der Waals surface area contributed by atoms with Crippen LogP contribution < -0.4 is 5.73 Å². The highest BCUT2D eigenvalue weighted by molar-refractivity contribution is 6.30. The summed E-state index contributed by atoms with van der Waals surface area (Å²) in [5, 5.41) is 12.3. The SMILES string of the molecule is Cc1cc(-n2cc(Cl)cn2)c(C(=N)N)c(C)n1. The molecule has 0 aliphatic heterocycles. The van der Waals surface area contributed by atoms with Crippen LogP contribution in [0.1, 0.15) is 17.0 Å². The molecule has 0 aliphatic rings. The molecule has 2 aromatic heterocycles. The number of aryl methyl sites for hydroxylation is 2. The van der Waals surface area contributed by atoms with Crippen LogP contribution in [-0.4, -0.2) is 20.6 Å². The highest BCUT2D eigenvalue weighted by atomic mass is 35.5. The molecule has 0 atom stereocenters. The van der Waals surface area contributed by atoms with Crippen molar-refractivity contribution in [3.05, 3.63) is 40.4 Å². The summed E-state index contributed by atoms with van der Waals surface area (Å²) in [6.07, 6.45) is 3.21. The zero-order chi connectivity index (χ0) is 12.6. The van der Waals surface area contributed by atoms with Crippen molar-refractivity contribution in [3.63, 3.8) is 0 Å². The van der Waals surface area contributed by atoms with Crippen LogP contribution in [0.2, 0.25) is 5.02 Å². The number of aromatic nitrogens is 3. The molecule has 0 amide bonds. The Morgan fingerprint density at radius 1 is 1.47 bits per heavy atom. The van der Waals surface area contributed by atoms with Gasteiger partial charge in [-0.25, -0.2) is 4.68 Å². The largest absolute Gasteiger partial charge is 0.384 e. The van der Waals surface area contributed by atoms with Crippen molar-refractivity contribution in [1.82, 2.24) is 14.8 Å². The number of amidine groups is 1. The maximum absolute atomic E-state index is 7.61. The fourth-order valence-electron chi connectivity index (χ4n) is 1.75. The Morgan fingerprint density at radius 3 is 2.71 bits per heavy atom. The summed E-state index contributed by atoms with van der Waals surface area (Å²) in [6.45, 7) is 3.70. The number of hydrogen-bond acceptors (Lipinski definition) is 3. The van der Waals surface area contributed by atoms with Crippen molar-refractivity contribution >= 4 is 17.4 Å². The van der Waals surface area contributed by atoms with Gasteiger partial charge in [0, 0.05) is 11.9 Å². The van der Waals surface area contributed by atoms with E-state index < -0.39 is 0 Å². The number of nitrogens with two attached hydrogens (primary N) is 1. The summed E-state index contributed by atoms with van der Waals surface area (Å²) in [7, 11) is 0. The number of nitrogens with one attached hydrogen (secondary N) is 1. The van der Waals surface area contributed by atoms with E-state index in [0.29, 0.717) is 16.3 Å². The van der Waals surface area contributed by atoms with Crippen LogP contribution in [-0.2, 0) is 0 Å². The van der Waals surface area contributed by atoms with Gasteiger partial charge in [-0.1, -0.05) is 11.6 Å². The van der Waals surface area contributed by atoms with Gasteiger partial charge in [0.1, 0.15) is 5.84 Å². The fraction of sp³-hybridized carbons (Fsp3) is 0.182. The maximum Gasteiger partial charge on any atom is 0.126 e. The molecule has 0 fully saturated rings. The van der Waals surface area contributed by atoms with Crippen molar-refractivity contribution in [2.75, 3.05) is 0 Å². The average Bonchev–Trinajstić information content (AvgIpc) is 2.62. The summed E-state index contributed by atoms with van der Waals surface area (Å²) >= 11 is 5.84. The molecule has 0 saturated carbocycles. The van der Waals surface area contributed by atoms with Gasteiger partial charge in [-0.15, -0.1) is 0 Å². The smallest absolute Gasteiger partial charge is 0.126 e. The van der Waals surface area contributed by atoms with E-state index in [4.69, 9.17) is 22.7 Å². The quantitative estimate of drug-likeness (QED) is 0.629. The second kappa shape index (κ2) is 4.18. The molecule has 17 heavy (non-hydrogen) atoms. The van der Waals surface area contributed by atoms with Crippen LogP contribution >= 0.6 is 11.6 Å². The van der Waals surface area contributed by atoms with E-state index in [1.54, 1.807) is 10.9 Å². The number of rotatable bonds is 2. The molecule has 0 aromatic carbocycles. The second-order valence-corrected chi connectivity index (χ2v) is 4.20. The normalized spacial score (nSPS) is 10.5. The lowest BCUT2D eigenvalue weighted by molar-refractivity contribution is 0.867. The molecule has 0 saturated heterocycles. The van der Waals surface area contributed by atoms with Crippen molar-refractivity contribution < 1.29 is 0 Å². The van der Waals surface area contributed by atoms with Gasteiger partial charge < -0.3 is 5.73 Å². The third-order valence-corrected chi connectivity index (χ3v) is 2.57. The first-order chi connectivity index (χ1) is 7.99. The Bertz CT molecular complexity index is 588. The third kappa shape index (κ3) is 2.14. The molecular formula is C11H12ClN5. The molecule has 0 bridgehead atoms. The van der Waals surface area contributed by atoms with Crippen LogP contribution in [0.15, 0.2) is 18.5 Å². The highest BCUT2D eigenvalue weighted by Gasteiger charge is 2.13. The molecular weight excluding hydrogens is 238 g/mol. The first-order valence-electron chi connectivity index (χ1n) is 5.02. The van der Waals surface area contributed by atoms with Gasteiger partial charge in [0.05, 0.1) is 28.2 Å². The second-order valence-electron chi connectivity index (χ2n) is 3.76. The van der Waals surface area contributed by atoms with E-state index in [9.17, 15) is 0 Å². The van der Waals surface area contributed by atoms with Crippen molar-refractivity contribution in [2.24, 2.45) is 5.73 Å². The Balaban J connectivity index is 2.71. The minimum Gasteiger partial charge on any atom is -0.384 e. The molecule has 0 aliphatic carbocycles. The lowest BCUT2D eigenvalue weighted by atomic mass is 10.1. The van der Waals surface area contributed by atoms with Gasteiger partial charge in [0.25, 0.3) is 0 Å². The number of halogens is 1. The molecule has 0 spiro atoms. The van der Waals surface area contributed by atoms with E-state index in [1.807, 2.05) is 19.9 Å². The van der Waals surface area contributed by atoms with Crippen LogP contribution in [0.5, 0.6) is 0 Å². The highest BCUT2D eigenvalue weighted by Crippen LogP contribution is 2.19. The molecule has 0 radical (unpaired) electrons. The van der Waals surface area contributed by atoms with E-state index in [-0.39, 0.29) is 5.84 Å². The Morgan fingerprint density at radius 2 is 2.18 bits per heavy atom. The van der Waals surface area contributed by atoms with Crippen molar-refractivity contribution in [1.29, 1.82) is 5.41 Å². The minimum absolute atomic E-state index is 0.0309. The summed E-state index contributed by atoms with van der Waals surface area (Å²) in [5.41, 5.74) is 8.42. The predicted octanol–water partition coefficient (Wildman–Crippen LogP) is 1.82. The lowest BCUT2D eigenvalue weighted by Crippen LogP contribution is -2.18. The Hall–Kier alpha value is -1.88. The van der Waals surface area contributed by atoms with E-state index >= 15 is 0 Å². The molecule has 0 unspecified atom stereocenters. The average molecular weight is 250 g/mol. The van der Waals surface area contributed by atoms with Crippen LogP contribution in [0.3, 0.4) is 0 Å². The number of nitrogens with zero attached hydrogens (tertiary/aromatic N) is 3. The van der Waals surface area contributed by atoms with Gasteiger partial charge in [0.2, 0.25) is 0 Å². The third-order valence-electron chi connectivity index (χ3n) is 2.37. The molecule has 2 heterocycles. The Labute approximate surface area is 104 Å². The van der Waals surface area contributed by atoms with Crippen LogP contribution in [0.4, 0.5) is 0 Å². The van der Waals surface area contributed by atoms with Crippen LogP contribution in [0.25, 0.3) is 5.69 Å². The molecule has 3 N–H and O–H groups in total. The zero-order valence-corrected chi connectivity index (χ0v) is 10.3. The van der Waals surface area contributed by atoms with E-state index in [0.717, 1.165) is 11.4 Å². The molecule has 2 aromatic rings. The molecule has 6 heteroatoms. The first-order valence-corrected chi connectivity index (χ1v) is 5.40. The monoisotopic (exact) mass is 249 g/mol. The number of nitrogen functional groups attached to an aromatic ring is 1. The summed E-state index contributed by atoms with van der Waals surface area (Å²) in [6, 6.07) is 1.83.